The van der Waals surface area contributed by atoms with Crippen molar-refractivity contribution in [3.05, 3.63) is 24.5 Å². The number of nitrogens with two attached hydrogens (primary N) is 1. The van der Waals surface area contributed by atoms with Gasteiger partial charge in [-0.2, -0.15) is 0 Å². The van der Waals surface area contributed by atoms with E-state index in [9.17, 15) is 0 Å². The Morgan fingerprint density at radius 3 is 2.94 bits per heavy atom. The van der Waals surface area contributed by atoms with E-state index >= 15 is 0 Å². The maximum absolute atomic E-state index is 5.32. The van der Waals surface area contributed by atoms with Gasteiger partial charge in [0.15, 0.2) is 5.65 Å². The van der Waals surface area contributed by atoms with Crippen LogP contribution < -0.4 is 11.1 Å². The Morgan fingerprint density at radius 1 is 1.17 bits per heavy atom. The summed E-state index contributed by atoms with van der Waals surface area (Å²) >= 11 is 0. The normalized spacial score (nSPS) is 10.7. The summed E-state index contributed by atoms with van der Waals surface area (Å²) in [5.41, 5.74) is 6.78. The van der Waals surface area contributed by atoms with Gasteiger partial charge in [-0.3, -0.25) is 4.98 Å². The topological polar surface area (TPSA) is 86.0 Å². The molecule has 0 fully saturated rings. The van der Waals surface area contributed by atoms with Crippen molar-refractivity contribution in [2.24, 2.45) is 5.73 Å². The van der Waals surface area contributed by atoms with E-state index in [2.05, 4.69) is 20.3 Å². The van der Waals surface area contributed by atoms with Crippen LogP contribution >= 0.6 is 0 Å². The average molecular weight is 247 g/mol. The first-order valence-corrected chi connectivity index (χ1v) is 5.99. The highest BCUT2D eigenvalue weighted by atomic mass is 16.5. The van der Waals surface area contributed by atoms with Gasteiger partial charge >= 0.3 is 0 Å². The zero-order valence-corrected chi connectivity index (χ0v) is 10.2. The lowest BCUT2D eigenvalue weighted by molar-refractivity contribution is 0.141. The van der Waals surface area contributed by atoms with E-state index < -0.39 is 0 Å². The van der Waals surface area contributed by atoms with Crippen molar-refractivity contribution >= 4 is 17.0 Å². The molecule has 0 bridgehead atoms. The Morgan fingerprint density at radius 2 is 2.06 bits per heavy atom. The van der Waals surface area contributed by atoms with E-state index in [4.69, 9.17) is 10.5 Å². The van der Waals surface area contributed by atoms with Crippen molar-refractivity contribution < 1.29 is 4.74 Å². The third-order valence-corrected chi connectivity index (χ3v) is 2.37. The van der Waals surface area contributed by atoms with Gasteiger partial charge in [-0.15, -0.1) is 0 Å². The summed E-state index contributed by atoms with van der Waals surface area (Å²) in [7, 11) is 0. The van der Waals surface area contributed by atoms with E-state index in [0.717, 1.165) is 24.3 Å². The summed E-state index contributed by atoms with van der Waals surface area (Å²) in [5.74, 6) is 0.807. The Bertz CT molecular complexity index is 491. The minimum absolute atomic E-state index is 0.568. The first-order valence-electron chi connectivity index (χ1n) is 5.99. The van der Waals surface area contributed by atoms with E-state index in [1.165, 1.54) is 0 Å². The lowest BCUT2D eigenvalue weighted by atomic mass is 10.4. The summed E-state index contributed by atoms with van der Waals surface area (Å²) < 4.78 is 5.28. The number of nitrogens with one attached hydrogen (secondary N) is 1. The summed E-state index contributed by atoms with van der Waals surface area (Å²) in [5, 5.41) is 3.22. The molecule has 6 nitrogen and oxygen atoms in total. The second kappa shape index (κ2) is 6.83. The quantitative estimate of drug-likeness (QED) is 0.704. The Kier molecular flexibility index (Phi) is 4.80. The number of ether oxygens (including phenoxy) is 1. The summed E-state index contributed by atoms with van der Waals surface area (Å²) in [4.78, 5) is 12.7. The van der Waals surface area contributed by atoms with Crippen LogP contribution in [0.15, 0.2) is 24.5 Å². The van der Waals surface area contributed by atoms with Crippen LogP contribution in [0.25, 0.3) is 11.2 Å². The summed E-state index contributed by atoms with van der Waals surface area (Å²) in [6.45, 7) is 2.70. The molecule has 0 atom stereocenters. The molecular weight excluding hydrogens is 230 g/mol. The Balaban J connectivity index is 1.81. The molecule has 0 aliphatic rings. The van der Waals surface area contributed by atoms with Crippen LogP contribution in [0.4, 0.5) is 5.82 Å². The van der Waals surface area contributed by atoms with Crippen LogP contribution in [0.3, 0.4) is 0 Å². The number of anilines is 1. The summed E-state index contributed by atoms with van der Waals surface area (Å²) in [6.07, 6.45) is 4.21. The van der Waals surface area contributed by atoms with Crippen molar-refractivity contribution in [2.75, 3.05) is 31.6 Å². The number of rotatable bonds is 7. The van der Waals surface area contributed by atoms with Gasteiger partial charge in [0.1, 0.15) is 11.3 Å². The van der Waals surface area contributed by atoms with Crippen molar-refractivity contribution in [3.63, 3.8) is 0 Å². The fraction of sp³-hybridized carbons (Fsp3) is 0.417. The second-order valence-corrected chi connectivity index (χ2v) is 3.78. The van der Waals surface area contributed by atoms with Crippen LogP contribution in [0.5, 0.6) is 0 Å². The molecule has 0 aliphatic heterocycles. The molecule has 18 heavy (non-hydrogen) atoms. The number of pyridine rings is 1. The van der Waals surface area contributed by atoms with Crippen molar-refractivity contribution in [3.8, 4) is 0 Å². The molecule has 2 aromatic heterocycles. The molecular formula is C12H17N5O. The predicted octanol–water partition coefficient (Wildman–Crippen LogP) is 0.802. The SMILES string of the molecule is NCCOCCCNc1ccc2nccnc2n1. The lowest BCUT2D eigenvalue weighted by Gasteiger charge is -2.06. The number of hydrogen-bond acceptors (Lipinski definition) is 6. The minimum Gasteiger partial charge on any atom is -0.380 e. The fourth-order valence-electron chi connectivity index (χ4n) is 1.53. The molecule has 96 valence electrons. The molecule has 0 saturated carbocycles. The first-order chi connectivity index (χ1) is 8.90. The van der Waals surface area contributed by atoms with Gasteiger partial charge < -0.3 is 15.8 Å². The highest BCUT2D eigenvalue weighted by Crippen LogP contribution is 2.09. The van der Waals surface area contributed by atoms with Gasteiger partial charge in [0.05, 0.1) is 6.61 Å². The van der Waals surface area contributed by atoms with E-state index in [1.807, 2.05) is 12.1 Å². The van der Waals surface area contributed by atoms with Crippen molar-refractivity contribution in [1.29, 1.82) is 0 Å². The lowest BCUT2D eigenvalue weighted by Crippen LogP contribution is -2.11. The van der Waals surface area contributed by atoms with E-state index in [-0.39, 0.29) is 0 Å². The maximum atomic E-state index is 5.32. The van der Waals surface area contributed by atoms with Crippen molar-refractivity contribution in [1.82, 2.24) is 15.0 Å². The third-order valence-electron chi connectivity index (χ3n) is 2.37. The number of aromatic nitrogens is 3. The standard InChI is InChI=1S/C12H17N5O/c13-4-9-18-8-1-5-15-11-3-2-10-12(17-11)16-7-6-14-10/h2-3,6-7H,1,4-5,8-9,13H2,(H,15,16,17). The Labute approximate surface area is 106 Å². The molecule has 2 aromatic rings. The monoisotopic (exact) mass is 247 g/mol. The number of fused-ring (bicyclic) bond motifs is 1. The van der Waals surface area contributed by atoms with E-state index in [1.54, 1.807) is 12.4 Å². The van der Waals surface area contributed by atoms with Crippen LogP contribution in [0, 0.1) is 0 Å². The fourth-order valence-corrected chi connectivity index (χ4v) is 1.53. The highest BCUT2D eigenvalue weighted by molar-refractivity contribution is 5.71. The Hall–Kier alpha value is -1.79. The molecule has 2 heterocycles. The zero-order valence-electron chi connectivity index (χ0n) is 10.2. The molecule has 2 rings (SSSR count). The van der Waals surface area contributed by atoms with Crippen molar-refractivity contribution in [2.45, 2.75) is 6.42 Å². The van der Waals surface area contributed by atoms with Gasteiger partial charge in [-0.05, 0) is 18.6 Å². The molecule has 0 spiro atoms. The van der Waals surface area contributed by atoms with E-state index in [0.29, 0.717) is 25.4 Å². The zero-order chi connectivity index (χ0) is 12.6. The van der Waals surface area contributed by atoms with Crippen LogP contribution in [0.1, 0.15) is 6.42 Å². The van der Waals surface area contributed by atoms with Gasteiger partial charge in [0.25, 0.3) is 0 Å². The first kappa shape index (κ1) is 12.7. The van der Waals surface area contributed by atoms with Gasteiger partial charge in [-0.1, -0.05) is 0 Å². The van der Waals surface area contributed by atoms with Gasteiger partial charge in [0, 0.05) is 32.1 Å². The highest BCUT2D eigenvalue weighted by Gasteiger charge is 1.98. The second-order valence-electron chi connectivity index (χ2n) is 3.78. The summed E-state index contributed by atoms with van der Waals surface area (Å²) in [6, 6.07) is 3.81. The number of nitrogens with zero attached hydrogens (tertiary/aromatic N) is 3. The number of hydrogen-bond donors (Lipinski definition) is 2. The molecule has 0 saturated heterocycles. The van der Waals surface area contributed by atoms with Gasteiger partial charge in [0.2, 0.25) is 0 Å². The minimum atomic E-state index is 0.568. The molecule has 3 N–H and O–H groups in total. The van der Waals surface area contributed by atoms with Crippen LogP contribution in [0.2, 0.25) is 0 Å². The van der Waals surface area contributed by atoms with Crippen LogP contribution in [-0.4, -0.2) is 41.3 Å². The van der Waals surface area contributed by atoms with Gasteiger partial charge in [-0.25, -0.2) is 9.97 Å². The molecule has 6 heteroatoms. The molecule has 0 aliphatic carbocycles. The molecule has 0 amide bonds. The molecule has 0 aromatic carbocycles. The van der Waals surface area contributed by atoms with Crippen LogP contribution in [-0.2, 0) is 4.74 Å². The third kappa shape index (κ3) is 3.61. The average Bonchev–Trinajstić information content (AvgIpc) is 2.42. The molecule has 0 unspecified atom stereocenters. The predicted molar refractivity (Wildman–Crippen MR) is 70.3 cm³/mol. The molecule has 0 radical (unpaired) electrons. The largest absolute Gasteiger partial charge is 0.380 e. The smallest absolute Gasteiger partial charge is 0.180 e. The maximum Gasteiger partial charge on any atom is 0.180 e.